The van der Waals surface area contributed by atoms with Gasteiger partial charge in [0.1, 0.15) is 0 Å². The minimum Gasteiger partial charge on any atom is -0.0851 e. The Balaban J connectivity index is 0.000000131. The molecule has 0 aromatic heterocycles. The van der Waals surface area contributed by atoms with Crippen LogP contribution in [0.4, 0.5) is 0 Å². The van der Waals surface area contributed by atoms with Gasteiger partial charge in [-0.2, -0.15) is 0 Å². The van der Waals surface area contributed by atoms with E-state index in [1.165, 1.54) is 64.2 Å². The summed E-state index contributed by atoms with van der Waals surface area (Å²) in [5.74, 6) is 6.02. The topological polar surface area (TPSA) is 0 Å². The molecular weight excluding hydrogens is 264 g/mol. The van der Waals surface area contributed by atoms with Crippen molar-refractivity contribution in [3.05, 3.63) is 24.3 Å². The molecule has 4 bridgehead atoms. The van der Waals surface area contributed by atoms with Crippen molar-refractivity contribution >= 4 is 0 Å². The molecule has 6 unspecified atom stereocenters. The fourth-order valence-corrected chi connectivity index (χ4v) is 5.39. The largest absolute Gasteiger partial charge is 0.0851 e. The van der Waals surface area contributed by atoms with Crippen LogP contribution in [0, 0.1) is 35.5 Å². The lowest BCUT2D eigenvalue weighted by Crippen LogP contribution is -2.06. The second kappa shape index (κ2) is 7.84. The maximum atomic E-state index is 2.47. The molecule has 2 saturated carbocycles. The highest BCUT2D eigenvalue weighted by atomic mass is 14.4. The first kappa shape index (κ1) is 16.3. The maximum Gasteiger partial charge on any atom is -0.0199 e. The first-order chi connectivity index (χ1) is 10.8. The average molecular weight is 301 g/mol. The zero-order valence-corrected chi connectivity index (χ0v) is 14.8. The molecule has 124 valence electrons. The quantitative estimate of drug-likeness (QED) is 0.474. The molecule has 0 amide bonds. The summed E-state index contributed by atoms with van der Waals surface area (Å²) in [6.07, 6.45) is 24.4. The third-order valence-electron chi connectivity index (χ3n) is 6.69. The van der Waals surface area contributed by atoms with E-state index in [1.807, 2.05) is 0 Å². The van der Waals surface area contributed by atoms with Gasteiger partial charge < -0.3 is 0 Å². The average Bonchev–Trinajstić information content (AvgIpc) is 3.31. The molecule has 0 heterocycles. The molecular formula is C22H36. The Morgan fingerprint density at radius 1 is 0.636 bits per heavy atom. The van der Waals surface area contributed by atoms with Crippen molar-refractivity contribution in [3.63, 3.8) is 0 Å². The number of hydrogen-bond acceptors (Lipinski definition) is 0. The summed E-state index contributed by atoms with van der Waals surface area (Å²) >= 11 is 0. The molecule has 0 aliphatic heterocycles. The summed E-state index contributed by atoms with van der Waals surface area (Å²) in [5.41, 5.74) is 0. The number of fused-ring (bicyclic) bond motifs is 4. The fourth-order valence-electron chi connectivity index (χ4n) is 5.39. The van der Waals surface area contributed by atoms with Crippen LogP contribution in [-0.4, -0.2) is 0 Å². The first-order valence-electron chi connectivity index (χ1n) is 10.2. The van der Waals surface area contributed by atoms with E-state index in [9.17, 15) is 0 Å². The van der Waals surface area contributed by atoms with Gasteiger partial charge in [0.05, 0.1) is 0 Å². The summed E-state index contributed by atoms with van der Waals surface area (Å²) in [6, 6.07) is 0. The Hall–Kier alpha value is -0.520. The number of unbranched alkanes of at least 4 members (excludes halogenated alkanes) is 2. The Labute approximate surface area is 138 Å². The lowest BCUT2D eigenvalue weighted by Gasteiger charge is -2.16. The summed E-state index contributed by atoms with van der Waals surface area (Å²) in [6.45, 7) is 4.59. The molecule has 0 saturated heterocycles. The van der Waals surface area contributed by atoms with E-state index < -0.39 is 0 Å². The zero-order valence-electron chi connectivity index (χ0n) is 14.8. The van der Waals surface area contributed by atoms with Crippen LogP contribution in [0.25, 0.3) is 0 Å². The van der Waals surface area contributed by atoms with Gasteiger partial charge >= 0.3 is 0 Å². The highest BCUT2D eigenvalue weighted by Crippen LogP contribution is 2.46. The zero-order chi connectivity index (χ0) is 15.4. The molecule has 0 aromatic rings. The lowest BCUT2D eigenvalue weighted by atomic mass is 9.89. The van der Waals surface area contributed by atoms with Crippen molar-refractivity contribution < 1.29 is 0 Å². The van der Waals surface area contributed by atoms with Gasteiger partial charge in [0, 0.05) is 0 Å². The van der Waals surface area contributed by atoms with Crippen LogP contribution in [0.2, 0.25) is 0 Å². The first-order valence-corrected chi connectivity index (χ1v) is 10.2. The van der Waals surface area contributed by atoms with Gasteiger partial charge in [-0.25, -0.2) is 0 Å². The third kappa shape index (κ3) is 3.87. The molecule has 0 radical (unpaired) electrons. The molecule has 4 aliphatic rings. The van der Waals surface area contributed by atoms with Gasteiger partial charge in [0.2, 0.25) is 0 Å². The van der Waals surface area contributed by atoms with E-state index in [1.54, 1.807) is 0 Å². The summed E-state index contributed by atoms with van der Waals surface area (Å²) in [7, 11) is 0. The molecule has 0 nitrogen and oxygen atoms in total. The number of hydrogen-bond donors (Lipinski definition) is 0. The maximum absolute atomic E-state index is 2.47. The van der Waals surface area contributed by atoms with Crippen molar-refractivity contribution in [2.45, 2.75) is 78.1 Å². The Morgan fingerprint density at radius 3 is 1.36 bits per heavy atom. The molecule has 4 rings (SSSR count). The molecule has 0 N–H and O–H groups in total. The smallest absolute Gasteiger partial charge is 0.0199 e. The third-order valence-corrected chi connectivity index (χ3v) is 6.69. The van der Waals surface area contributed by atoms with Crippen molar-refractivity contribution in [1.29, 1.82) is 0 Å². The van der Waals surface area contributed by atoms with E-state index in [0.29, 0.717) is 0 Å². The van der Waals surface area contributed by atoms with Crippen molar-refractivity contribution in [3.8, 4) is 0 Å². The predicted octanol–water partition coefficient (Wildman–Crippen LogP) is 6.78. The van der Waals surface area contributed by atoms with E-state index in [-0.39, 0.29) is 0 Å². The van der Waals surface area contributed by atoms with Crippen LogP contribution in [0.15, 0.2) is 24.3 Å². The van der Waals surface area contributed by atoms with Crippen LogP contribution < -0.4 is 0 Å². The summed E-state index contributed by atoms with van der Waals surface area (Å²) in [5, 5.41) is 0. The standard InChI is InChI=1S/2C11H18/c2*1-2-3-4-10-7-9-5-6-11(10)8-9/h2*5-6,9-11H,2-4,7-8H2,1H3. The molecule has 0 spiro atoms. The van der Waals surface area contributed by atoms with Gasteiger partial charge in [-0.3, -0.25) is 0 Å². The van der Waals surface area contributed by atoms with Gasteiger partial charge in [-0.1, -0.05) is 63.8 Å². The number of rotatable bonds is 6. The molecule has 0 heteroatoms. The Kier molecular flexibility index (Phi) is 5.83. The predicted molar refractivity (Wildman–Crippen MR) is 96.7 cm³/mol. The monoisotopic (exact) mass is 300 g/mol. The van der Waals surface area contributed by atoms with Crippen LogP contribution in [0.5, 0.6) is 0 Å². The lowest BCUT2D eigenvalue weighted by molar-refractivity contribution is 0.402. The highest BCUT2D eigenvalue weighted by Gasteiger charge is 2.35. The van der Waals surface area contributed by atoms with Gasteiger partial charge in [0.25, 0.3) is 0 Å². The number of allylic oxidation sites excluding steroid dienone is 4. The molecule has 4 aliphatic carbocycles. The molecule has 22 heavy (non-hydrogen) atoms. The Bertz CT molecular complexity index is 353. The molecule has 0 aromatic carbocycles. The SMILES string of the molecule is CCCCC1CC2C=CC1C2.CCCCC1CC2C=CC1C2. The van der Waals surface area contributed by atoms with Crippen LogP contribution in [0.3, 0.4) is 0 Å². The second-order valence-corrected chi connectivity index (χ2v) is 8.37. The van der Waals surface area contributed by atoms with E-state index in [2.05, 4.69) is 38.2 Å². The van der Waals surface area contributed by atoms with Crippen LogP contribution >= 0.6 is 0 Å². The minimum atomic E-state index is 0.974. The molecule has 2 fully saturated rings. The summed E-state index contributed by atoms with van der Waals surface area (Å²) in [4.78, 5) is 0. The van der Waals surface area contributed by atoms with Crippen LogP contribution in [0.1, 0.15) is 78.1 Å². The fraction of sp³-hybridized carbons (Fsp3) is 0.818. The van der Waals surface area contributed by atoms with Crippen molar-refractivity contribution in [1.82, 2.24) is 0 Å². The van der Waals surface area contributed by atoms with Crippen molar-refractivity contribution in [2.24, 2.45) is 35.5 Å². The van der Waals surface area contributed by atoms with Crippen molar-refractivity contribution in [2.75, 3.05) is 0 Å². The second-order valence-electron chi connectivity index (χ2n) is 8.37. The van der Waals surface area contributed by atoms with Gasteiger partial charge in [-0.05, 0) is 74.0 Å². The van der Waals surface area contributed by atoms with E-state index in [4.69, 9.17) is 0 Å². The van der Waals surface area contributed by atoms with Crippen LogP contribution in [-0.2, 0) is 0 Å². The summed E-state index contributed by atoms with van der Waals surface area (Å²) < 4.78 is 0. The minimum absolute atomic E-state index is 0.974. The van der Waals surface area contributed by atoms with E-state index in [0.717, 1.165) is 35.5 Å². The molecule has 6 atom stereocenters. The van der Waals surface area contributed by atoms with E-state index >= 15 is 0 Å². The van der Waals surface area contributed by atoms with Gasteiger partial charge in [0.15, 0.2) is 0 Å². The van der Waals surface area contributed by atoms with Gasteiger partial charge in [-0.15, -0.1) is 0 Å². The normalized spacial score (nSPS) is 40.3. The Morgan fingerprint density at radius 2 is 1.09 bits per heavy atom. The highest BCUT2D eigenvalue weighted by molar-refractivity contribution is 5.10.